The molecule has 2 saturated heterocycles. The zero-order chi connectivity index (χ0) is 13.3. The van der Waals surface area contributed by atoms with Gasteiger partial charge in [0.2, 0.25) is 5.91 Å². The van der Waals surface area contributed by atoms with E-state index in [0.29, 0.717) is 5.54 Å². The topological polar surface area (TPSA) is 32.8 Å². The summed E-state index contributed by atoms with van der Waals surface area (Å²) >= 11 is 0. The molecule has 0 aromatic rings. The van der Waals surface area contributed by atoms with Crippen LogP contribution in [0.2, 0.25) is 0 Å². The van der Waals surface area contributed by atoms with Gasteiger partial charge in [-0.2, -0.15) is 0 Å². The van der Waals surface area contributed by atoms with Gasteiger partial charge in [0.05, 0.1) is 0 Å². The molecular formula is C15H26N2O2. The second-order valence-electron chi connectivity index (χ2n) is 6.53. The van der Waals surface area contributed by atoms with Crippen LogP contribution in [-0.4, -0.2) is 61.1 Å². The summed E-state index contributed by atoms with van der Waals surface area (Å²) in [7, 11) is 1.59. The molecule has 0 bridgehead atoms. The molecule has 3 fully saturated rings. The highest BCUT2D eigenvalue weighted by Crippen LogP contribution is 2.41. The number of rotatable bonds is 4. The van der Waals surface area contributed by atoms with Crippen molar-refractivity contribution in [1.29, 1.82) is 0 Å². The van der Waals surface area contributed by atoms with Crippen LogP contribution in [0.3, 0.4) is 0 Å². The Morgan fingerprint density at radius 1 is 1.21 bits per heavy atom. The zero-order valence-electron chi connectivity index (χ0n) is 12.1. The van der Waals surface area contributed by atoms with Crippen molar-refractivity contribution in [2.45, 2.75) is 44.1 Å². The smallest absolute Gasteiger partial charge is 0.248 e. The third-order valence-electron chi connectivity index (χ3n) is 5.23. The Bertz CT molecular complexity index is 333. The van der Waals surface area contributed by atoms with Crippen LogP contribution in [0, 0.1) is 5.92 Å². The number of likely N-dealkylation sites (tertiary alicyclic amines) is 2. The summed E-state index contributed by atoms with van der Waals surface area (Å²) in [6.45, 7) is 4.67. The largest absolute Gasteiger partial charge is 0.375 e. The third-order valence-corrected chi connectivity index (χ3v) is 5.23. The lowest BCUT2D eigenvalue weighted by Gasteiger charge is -2.45. The number of piperidine rings is 1. The fourth-order valence-electron chi connectivity index (χ4n) is 3.84. The normalized spacial score (nSPS) is 27.1. The number of hydrogen-bond acceptors (Lipinski definition) is 3. The maximum Gasteiger partial charge on any atom is 0.248 e. The number of methoxy groups -OCH3 is 1. The van der Waals surface area contributed by atoms with E-state index >= 15 is 0 Å². The summed E-state index contributed by atoms with van der Waals surface area (Å²) in [6.07, 6.45) is 7.88. The first-order valence-electron chi connectivity index (χ1n) is 7.75. The SMILES string of the molecule is COCC(=O)N1CCC2(CCCN2CC2CC2)CC1. The molecule has 4 nitrogen and oxygen atoms in total. The zero-order valence-corrected chi connectivity index (χ0v) is 12.1. The maximum atomic E-state index is 11.9. The highest BCUT2D eigenvalue weighted by molar-refractivity contribution is 5.77. The average Bonchev–Trinajstić information content (AvgIpc) is 3.15. The quantitative estimate of drug-likeness (QED) is 0.773. The first-order valence-corrected chi connectivity index (χ1v) is 7.75. The van der Waals surface area contributed by atoms with Crippen molar-refractivity contribution in [2.75, 3.05) is 39.9 Å². The summed E-state index contributed by atoms with van der Waals surface area (Å²) in [6, 6.07) is 0. The van der Waals surface area contributed by atoms with Crippen molar-refractivity contribution < 1.29 is 9.53 Å². The van der Waals surface area contributed by atoms with Crippen LogP contribution in [0.5, 0.6) is 0 Å². The molecule has 1 aliphatic carbocycles. The number of carbonyl (C=O) groups excluding carboxylic acids is 1. The van der Waals surface area contributed by atoms with Crippen LogP contribution < -0.4 is 0 Å². The van der Waals surface area contributed by atoms with E-state index in [-0.39, 0.29) is 12.5 Å². The average molecular weight is 266 g/mol. The van der Waals surface area contributed by atoms with E-state index in [1.807, 2.05) is 4.90 Å². The summed E-state index contributed by atoms with van der Waals surface area (Å²) in [5.74, 6) is 1.13. The number of carbonyl (C=O) groups is 1. The first kappa shape index (κ1) is 13.4. The number of ether oxygens (including phenoxy) is 1. The van der Waals surface area contributed by atoms with E-state index in [9.17, 15) is 4.79 Å². The van der Waals surface area contributed by atoms with Gasteiger partial charge in [0.15, 0.2) is 0 Å². The van der Waals surface area contributed by atoms with Crippen LogP contribution in [0.1, 0.15) is 38.5 Å². The van der Waals surface area contributed by atoms with Crippen LogP contribution in [-0.2, 0) is 9.53 Å². The number of amides is 1. The first-order chi connectivity index (χ1) is 9.23. The van der Waals surface area contributed by atoms with Gasteiger partial charge in [0.25, 0.3) is 0 Å². The standard InChI is InChI=1S/C15H26N2O2/c1-19-12-14(18)16-9-6-15(7-10-16)5-2-8-17(15)11-13-3-4-13/h13H,2-12H2,1H3. The highest BCUT2D eigenvalue weighted by Gasteiger charge is 2.44. The minimum Gasteiger partial charge on any atom is -0.375 e. The van der Waals surface area contributed by atoms with E-state index in [4.69, 9.17) is 4.74 Å². The lowest BCUT2D eigenvalue weighted by molar-refractivity contribution is -0.137. The molecule has 2 heterocycles. The van der Waals surface area contributed by atoms with Gasteiger partial charge in [-0.1, -0.05) is 0 Å². The number of nitrogens with zero attached hydrogens (tertiary/aromatic N) is 2. The van der Waals surface area contributed by atoms with Gasteiger partial charge in [-0.3, -0.25) is 9.69 Å². The molecule has 1 spiro atoms. The van der Waals surface area contributed by atoms with Crippen molar-refractivity contribution in [2.24, 2.45) is 5.92 Å². The lowest BCUT2D eigenvalue weighted by Crippen LogP contribution is -2.54. The van der Waals surface area contributed by atoms with E-state index in [2.05, 4.69) is 4.90 Å². The summed E-state index contributed by atoms with van der Waals surface area (Å²) < 4.78 is 4.95. The molecule has 0 aromatic carbocycles. The van der Waals surface area contributed by atoms with Crippen LogP contribution in [0.25, 0.3) is 0 Å². The predicted molar refractivity (Wildman–Crippen MR) is 74.0 cm³/mol. The van der Waals surface area contributed by atoms with Crippen molar-refractivity contribution >= 4 is 5.91 Å². The molecule has 0 unspecified atom stereocenters. The van der Waals surface area contributed by atoms with Crippen molar-refractivity contribution in [3.05, 3.63) is 0 Å². The van der Waals surface area contributed by atoms with E-state index in [0.717, 1.165) is 31.8 Å². The molecule has 1 saturated carbocycles. The molecule has 3 aliphatic rings. The van der Waals surface area contributed by atoms with Gasteiger partial charge >= 0.3 is 0 Å². The number of hydrogen-bond donors (Lipinski definition) is 0. The molecule has 0 aromatic heterocycles. The molecule has 1 amide bonds. The van der Waals surface area contributed by atoms with Gasteiger partial charge < -0.3 is 9.64 Å². The molecule has 3 rings (SSSR count). The minimum absolute atomic E-state index is 0.157. The van der Waals surface area contributed by atoms with Crippen molar-refractivity contribution in [3.63, 3.8) is 0 Å². The minimum atomic E-state index is 0.157. The lowest BCUT2D eigenvalue weighted by atomic mass is 9.84. The predicted octanol–water partition coefficient (Wildman–Crippen LogP) is 1.50. The summed E-state index contributed by atoms with van der Waals surface area (Å²) in [4.78, 5) is 16.6. The summed E-state index contributed by atoms with van der Waals surface area (Å²) in [5, 5.41) is 0. The fourth-order valence-corrected chi connectivity index (χ4v) is 3.84. The van der Waals surface area contributed by atoms with E-state index in [1.165, 1.54) is 38.8 Å². The monoisotopic (exact) mass is 266 g/mol. The van der Waals surface area contributed by atoms with Crippen LogP contribution in [0.4, 0.5) is 0 Å². The Balaban J connectivity index is 1.56. The fraction of sp³-hybridized carbons (Fsp3) is 0.933. The molecule has 0 N–H and O–H groups in total. The van der Waals surface area contributed by atoms with Gasteiger partial charge in [-0.15, -0.1) is 0 Å². The second-order valence-corrected chi connectivity index (χ2v) is 6.53. The Morgan fingerprint density at radius 3 is 2.58 bits per heavy atom. The third kappa shape index (κ3) is 2.79. The molecule has 4 heteroatoms. The Morgan fingerprint density at radius 2 is 1.95 bits per heavy atom. The van der Waals surface area contributed by atoms with Gasteiger partial charge in [0, 0.05) is 32.3 Å². The Labute approximate surface area is 116 Å². The van der Waals surface area contributed by atoms with E-state index in [1.54, 1.807) is 7.11 Å². The molecule has 19 heavy (non-hydrogen) atoms. The van der Waals surface area contributed by atoms with Crippen molar-refractivity contribution in [1.82, 2.24) is 9.80 Å². The highest BCUT2D eigenvalue weighted by atomic mass is 16.5. The molecule has 108 valence electrons. The van der Waals surface area contributed by atoms with Crippen molar-refractivity contribution in [3.8, 4) is 0 Å². The molecular weight excluding hydrogens is 240 g/mol. The van der Waals surface area contributed by atoms with Crippen LogP contribution in [0.15, 0.2) is 0 Å². The summed E-state index contributed by atoms with van der Waals surface area (Å²) in [5.41, 5.74) is 0.423. The maximum absolute atomic E-state index is 11.9. The Hall–Kier alpha value is -0.610. The molecule has 0 radical (unpaired) electrons. The molecule has 0 atom stereocenters. The van der Waals surface area contributed by atoms with Crippen LogP contribution >= 0.6 is 0 Å². The molecule has 2 aliphatic heterocycles. The second kappa shape index (κ2) is 5.41. The van der Waals surface area contributed by atoms with E-state index < -0.39 is 0 Å². The van der Waals surface area contributed by atoms with Gasteiger partial charge in [-0.05, 0) is 51.0 Å². The van der Waals surface area contributed by atoms with Gasteiger partial charge in [0.1, 0.15) is 6.61 Å². The Kier molecular flexibility index (Phi) is 3.81. The van der Waals surface area contributed by atoms with Gasteiger partial charge in [-0.25, -0.2) is 0 Å².